The monoisotopic (exact) mass is 475 g/mol. The normalized spacial score (nSPS) is 12.0. The van der Waals surface area contributed by atoms with Crippen molar-refractivity contribution in [3.8, 4) is 0 Å². The third kappa shape index (κ3) is 4.89. The number of ether oxygens (including phenoxy) is 1. The molecule has 0 fully saturated rings. The van der Waals surface area contributed by atoms with Crippen LogP contribution in [0.25, 0.3) is 0 Å². The molecule has 132 valence electrons. The molecule has 2 nitrogen and oxygen atoms in total. The lowest BCUT2D eigenvalue weighted by Gasteiger charge is -2.09. The SMILES string of the molecule is CC(I)C(=O)OCc1ccc([S+](c2ccccc2)c2ccccc2)cc1. The van der Waals surface area contributed by atoms with E-state index in [1.807, 2.05) is 31.2 Å². The summed E-state index contributed by atoms with van der Waals surface area (Å²) in [5, 5.41) is 0. The van der Waals surface area contributed by atoms with Crippen LogP contribution in [0.3, 0.4) is 0 Å². The molecule has 3 rings (SSSR count). The Morgan fingerprint density at radius 2 is 1.31 bits per heavy atom. The van der Waals surface area contributed by atoms with Gasteiger partial charge < -0.3 is 4.74 Å². The first-order chi connectivity index (χ1) is 12.6. The van der Waals surface area contributed by atoms with Crippen molar-refractivity contribution >= 4 is 39.5 Å². The topological polar surface area (TPSA) is 26.3 Å². The third-order valence-corrected chi connectivity index (χ3v) is 6.56. The minimum absolute atomic E-state index is 0.131. The summed E-state index contributed by atoms with van der Waals surface area (Å²) in [5.74, 6) is -0.178. The quantitative estimate of drug-likeness (QED) is 0.199. The Morgan fingerprint density at radius 3 is 1.77 bits per heavy atom. The van der Waals surface area contributed by atoms with Gasteiger partial charge in [-0.2, -0.15) is 0 Å². The highest BCUT2D eigenvalue weighted by atomic mass is 127. The van der Waals surface area contributed by atoms with E-state index in [-0.39, 0.29) is 20.8 Å². The van der Waals surface area contributed by atoms with Crippen LogP contribution in [-0.2, 0) is 27.0 Å². The van der Waals surface area contributed by atoms with E-state index in [1.54, 1.807) is 0 Å². The van der Waals surface area contributed by atoms with E-state index in [4.69, 9.17) is 4.74 Å². The molecule has 3 aromatic carbocycles. The van der Waals surface area contributed by atoms with Crippen molar-refractivity contribution in [3.05, 3.63) is 90.5 Å². The van der Waals surface area contributed by atoms with Gasteiger partial charge in [0.1, 0.15) is 10.5 Å². The maximum atomic E-state index is 11.6. The summed E-state index contributed by atoms with van der Waals surface area (Å²) < 4.78 is 5.18. The van der Waals surface area contributed by atoms with Crippen LogP contribution in [-0.4, -0.2) is 9.89 Å². The molecule has 0 saturated carbocycles. The number of esters is 1. The predicted octanol–water partition coefficient (Wildman–Crippen LogP) is 5.65. The molecule has 0 amide bonds. The Labute approximate surface area is 171 Å². The van der Waals surface area contributed by atoms with Crippen LogP contribution < -0.4 is 0 Å². The summed E-state index contributed by atoms with van der Waals surface area (Å²) in [7, 11) is -0.152. The molecule has 0 saturated heterocycles. The predicted molar refractivity (Wildman–Crippen MR) is 115 cm³/mol. The smallest absolute Gasteiger partial charge is 0.318 e. The number of rotatable bonds is 6. The number of hydrogen-bond donors (Lipinski definition) is 0. The van der Waals surface area contributed by atoms with Crippen LogP contribution in [0.2, 0.25) is 0 Å². The van der Waals surface area contributed by atoms with E-state index in [1.165, 1.54) is 14.7 Å². The van der Waals surface area contributed by atoms with Gasteiger partial charge in [0, 0.05) is 0 Å². The van der Waals surface area contributed by atoms with Crippen molar-refractivity contribution in [3.63, 3.8) is 0 Å². The van der Waals surface area contributed by atoms with E-state index in [2.05, 4.69) is 83.3 Å². The highest BCUT2D eigenvalue weighted by Gasteiger charge is 2.28. The highest BCUT2D eigenvalue weighted by molar-refractivity contribution is 14.1. The van der Waals surface area contributed by atoms with Crippen molar-refractivity contribution in [2.75, 3.05) is 0 Å². The van der Waals surface area contributed by atoms with E-state index in [0.717, 1.165) is 5.56 Å². The summed E-state index contributed by atoms with van der Waals surface area (Å²) >= 11 is 2.06. The summed E-state index contributed by atoms with van der Waals surface area (Å²) in [6.07, 6.45) is 0. The lowest BCUT2D eigenvalue weighted by Crippen LogP contribution is -2.13. The molecule has 1 atom stereocenters. The van der Waals surface area contributed by atoms with Crippen molar-refractivity contribution in [1.82, 2.24) is 0 Å². The second-order valence-electron chi connectivity index (χ2n) is 5.80. The summed E-state index contributed by atoms with van der Waals surface area (Å²) in [6, 6.07) is 29.5. The molecule has 0 spiro atoms. The number of carbonyl (C=O) groups is 1. The average molecular weight is 475 g/mol. The summed E-state index contributed by atoms with van der Waals surface area (Å²) in [5.41, 5.74) is 1.00. The molecular weight excluding hydrogens is 455 g/mol. The Morgan fingerprint density at radius 1 is 0.846 bits per heavy atom. The van der Waals surface area contributed by atoms with Crippen LogP contribution in [0.5, 0.6) is 0 Å². The highest BCUT2D eigenvalue weighted by Crippen LogP contribution is 2.31. The van der Waals surface area contributed by atoms with Crippen LogP contribution in [0, 0.1) is 0 Å². The first-order valence-corrected chi connectivity index (χ1v) is 10.9. The van der Waals surface area contributed by atoms with E-state index in [0.29, 0.717) is 6.61 Å². The van der Waals surface area contributed by atoms with Gasteiger partial charge in [-0.1, -0.05) is 71.1 Å². The largest absolute Gasteiger partial charge is 0.460 e. The lowest BCUT2D eigenvalue weighted by molar-refractivity contribution is -0.143. The lowest BCUT2D eigenvalue weighted by atomic mass is 10.2. The number of hydrogen-bond acceptors (Lipinski definition) is 2. The molecular formula is C22H20IO2S+. The molecule has 3 aromatic rings. The van der Waals surface area contributed by atoms with Gasteiger partial charge in [0.25, 0.3) is 0 Å². The second kappa shape index (κ2) is 9.24. The molecule has 0 N–H and O–H groups in total. The zero-order valence-corrected chi connectivity index (χ0v) is 17.4. The maximum absolute atomic E-state index is 11.6. The zero-order chi connectivity index (χ0) is 18.4. The zero-order valence-electron chi connectivity index (χ0n) is 14.5. The van der Waals surface area contributed by atoms with Crippen molar-refractivity contribution in [1.29, 1.82) is 0 Å². The van der Waals surface area contributed by atoms with Gasteiger partial charge in [-0.25, -0.2) is 0 Å². The first kappa shape index (κ1) is 19.0. The first-order valence-electron chi connectivity index (χ1n) is 8.39. The molecule has 0 aliphatic carbocycles. The van der Waals surface area contributed by atoms with Gasteiger partial charge >= 0.3 is 5.97 Å². The van der Waals surface area contributed by atoms with Crippen LogP contribution in [0.1, 0.15) is 12.5 Å². The Hall–Kier alpha value is -1.79. The number of carbonyl (C=O) groups excluding carboxylic acids is 1. The third-order valence-electron chi connectivity index (χ3n) is 3.82. The van der Waals surface area contributed by atoms with Crippen molar-refractivity contribution in [2.24, 2.45) is 0 Å². The summed E-state index contributed by atoms with van der Waals surface area (Å²) in [6.45, 7) is 2.15. The van der Waals surface area contributed by atoms with E-state index in [9.17, 15) is 4.79 Å². The van der Waals surface area contributed by atoms with E-state index < -0.39 is 0 Å². The minimum Gasteiger partial charge on any atom is -0.460 e. The Kier molecular flexibility index (Phi) is 6.74. The van der Waals surface area contributed by atoms with Gasteiger partial charge in [-0.05, 0) is 48.9 Å². The average Bonchev–Trinajstić information content (AvgIpc) is 2.69. The van der Waals surface area contributed by atoms with E-state index >= 15 is 0 Å². The minimum atomic E-state index is -0.178. The standard InChI is InChI=1S/C22H20IO2S/c1-17(23)22(24)25-16-18-12-14-21(15-13-18)26(19-8-4-2-5-9-19)20-10-6-3-7-11-20/h2-15,17H,16H2,1H3/q+1. The number of alkyl halides is 1. The molecule has 0 aliphatic heterocycles. The molecule has 0 bridgehead atoms. The molecule has 4 heteroatoms. The summed E-state index contributed by atoms with van der Waals surface area (Å²) in [4.78, 5) is 15.5. The molecule has 1 unspecified atom stereocenters. The fourth-order valence-corrected chi connectivity index (χ4v) is 4.78. The van der Waals surface area contributed by atoms with Gasteiger partial charge in [0.05, 0.1) is 10.9 Å². The second-order valence-corrected chi connectivity index (χ2v) is 9.69. The van der Waals surface area contributed by atoms with Gasteiger partial charge in [0.2, 0.25) is 0 Å². The van der Waals surface area contributed by atoms with Crippen molar-refractivity contribution in [2.45, 2.75) is 32.1 Å². The molecule has 0 aliphatic rings. The Bertz CT molecular complexity index is 794. The van der Waals surface area contributed by atoms with Gasteiger partial charge in [0.15, 0.2) is 14.7 Å². The molecule has 0 aromatic heterocycles. The van der Waals surface area contributed by atoms with Gasteiger partial charge in [-0.3, -0.25) is 4.79 Å². The van der Waals surface area contributed by atoms with Crippen molar-refractivity contribution < 1.29 is 9.53 Å². The molecule has 0 radical (unpaired) electrons. The molecule has 0 heterocycles. The van der Waals surface area contributed by atoms with Crippen LogP contribution in [0.15, 0.2) is 99.6 Å². The fourth-order valence-electron chi connectivity index (χ4n) is 2.51. The van der Waals surface area contributed by atoms with Crippen LogP contribution >= 0.6 is 22.6 Å². The van der Waals surface area contributed by atoms with Crippen LogP contribution in [0.4, 0.5) is 0 Å². The number of benzene rings is 3. The number of halogens is 1. The fraction of sp³-hybridized carbons (Fsp3) is 0.136. The molecule has 26 heavy (non-hydrogen) atoms. The van der Waals surface area contributed by atoms with Gasteiger partial charge in [-0.15, -0.1) is 0 Å². The Balaban J connectivity index is 1.85. The maximum Gasteiger partial charge on any atom is 0.318 e.